The highest BCUT2D eigenvalue weighted by atomic mass is 16.5. The van der Waals surface area contributed by atoms with Crippen LogP contribution < -0.4 is 4.74 Å². The zero-order chi connectivity index (χ0) is 21.0. The summed E-state index contributed by atoms with van der Waals surface area (Å²) in [6, 6.07) is 20.1. The van der Waals surface area contributed by atoms with Gasteiger partial charge in [-0.05, 0) is 24.6 Å². The van der Waals surface area contributed by atoms with E-state index < -0.39 is 0 Å². The lowest BCUT2D eigenvalue weighted by Gasteiger charge is -2.56. The van der Waals surface area contributed by atoms with E-state index in [4.69, 9.17) is 4.74 Å². The summed E-state index contributed by atoms with van der Waals surface area (Å²) >= 11 is 0. The van der Waals surface area contributed by atoms with Gasteiger partial charge in [-0.25, -0.2) is 0 Å². The van der Waals surface area contributed by atoms with Gasteiger partial charge in [0.15, 0.2) is 6.61 Å². The van der Waals surface area contributed by atoms with E-state index in [-0.39, 0.29) is 30.7 Å². The maximum absolute atomic E-state index is 12.8. The number of rotatable bonds is 6. The van der Waals surface area contributed by atoms with E-state index in [9.17, 15) is 9.90 Å². The van der Waals surface area contributed by atoms with E-state index in [0.29, 0.717) is 18.8 Å². The molecule has 4 rings (SSSR count). The summed E-state index contributed by atoms with van der Waals surface area (Å²) in [5, 5.41) is 10.2. The van der Waals surface area contributed by atoms with Crippen molar-refractivity contribution in [2.75, 3.05) is 45.9 Å². The van der Waals surface area contributed by atoms with Gasteiger partial charge in [-0.3, -0.25) is 14.6 Å². The summed E-state index contributed by atoms with van der Waals surface area (Å²) in [6.45, 7) is 6.96. The molecule has 2 atom stereocenters. The number of amides is 1. The molecule has 160 valence electrons. The number of ether oxygens (including phenoxy) is 1. The van der Waals surface area contributed by atoms with E-state index in [2.05, 4.69) is 41.0 Å². The Labute approximate surface area is 178 Å². The molecule has 2 heterocycles. The molecule has 0 bridgehead atoms. The summed E-state index contributed by atoms with van der Waals surface area (Å²) in [6.07, 6.45) is 0. The number of hydrogen-bond acceptors (Lipinski definition) is 5. The number of carbonyl (C=O) groups excluding carboxylic acids is 1. The quantitative estimate of drug-likeness (QED) is 0.789. The number of nitrogens with zero attached hydrogens (tertiary/aromatic N) is 3. The lowest BCUT2D eigenvalue weighted by molar-refractivity contribution is -0.143. The average molecular weight is 410 g/mol. The number of piperazine rings is 2. The van der Waals surface area contributed by atoms with Crippen LogP contribution in [0.15, 0.2) is 60.7 Å². The molecule has 0 saturated carbocycles. The molecule has 0 aliphatic carbocycles. The molecule has 2 aromatic carbocycles. The smallest absolute Gasteiger partial charge is 0.260 e. The van der Waals surface area contributed by atoms with Crippen LogP contribution in [-0.4, -0.2) is 83.2 Å². The van der Waals surface area contributed by atoms with E-state index in [1.54, 1.807) is 0 Å². The van der Waals surface area contributed by atoms with Crippen LogP contribution in [0.1, 0.15) is 12.5 Å². The monoisotopic (exact) mass is 409 g/mol. The fourth-order valence-corrected chi connectivity index (χ4v) is 4.74. The summed E-state index contributed by atoms with van der Waals surface area (Å²) in [5.74, 6) is 0.730. The van der Waals surface area contributed by atoms with Gasteiger partial charge in [0.25, 0.3) is 5.91 Å². The Balaban J connectivity index is 1.40. The predicted octanol–water partition coefficient (Wildman–Crippen LogP) is 1.84. The number of para-hydroxylation sites is 1. The van der Waals surface area contributed by atoms with Crippen molar-refractivity contribution in [3.8, 4) is 5.75 Å². The van der Waals surface area contributed by atoms with Crippen LogP contribution in [0.3, 0.4) is 0 Å². The van der Waals surface area contributed by atoms with Crippen molar-refractivity contribution in [3.63, 3.8) is 0 Å². The van der Waals surface area contributed by atoms with Gasteiger partial charge in [0.1, 0.15) is 5.75 Å². The maximum atomic E-state index is 12.8. The molecule has 1 N–H and O–H groups in total. The highest BCUT2D eigenvalue weighted by Crippen LogP contribution is 2.29. The molecule has 30 heavy (non-hydrogen) atoms. The van der Waals surface area contributed by atoms with Gasteiger partial charge in [-0.15, -0.1) is 0 Å². The van der Waals surface area contributed by atoms with Crippen molar-refractivity contribution in [2.24, 2.45) is 0 Å². The molecular formula is C24H31N3O3. The summed E-state index contributed by atoms with van der Waals surface area (Å²) in [5.41, 5.74) is 0.971. The lowest BCUT2D eigenvalue weighted by Crippen LogP contribution is -2.72. The van der Waals surface area contributed by atoms with Crippen LogP contribution >= 0.6 is 0 Å². The highest BCUT2D eigenvalue weighted by molar-refractivity contribution is 5.78. The molecule has 6 nitrogen and oxygen atoms in total. The number of carbonyl (C=O) groups is 1. The van der Waals surface area contributed by atoms with Crippen molar-refractivity contribution < 1.29 is 14.6 Å². The Morgan fingerprint density at radius 2 is 1.77 bits per heavy atom. The molecule has 0 radical (unpaired) electrons. The molecule has 2 fully saturated rings. The summed E-state index contributed by atoms with van der Waals surface area (Å²) in [4.78, 5) is 19.5. The van der Waals surface area contributed by atoms with E-state index >= 15 is 0 Å². The van der Waals surface area contributed by atoms with Crippen LogP contribution in [0.4, 0.5) is 0 Å². The van der Waals surface area contributed by atoms with Crippen molar-refractivity contribution in [2.45, 2.75) is 25.0 Å². The van der Waals surface area contributed by atoms with Gasteiger partial charge in [0, 0.05) is 45.3 Å². The number of fused-ring (bicyclic) bond motifs is 1. The minimum atomic E-state index is -0.298. The molecule has 2 aliphatic rings. The van der Waals surface area contributed by atoms with Gasteiger partial charge in [0.2, 0.25) is 0 Å². The van der Waals surface area contributed by atoms with Gasteiger partial charge in [-0.1, -0.05) is 48.5 Å². The Bertz CT molecular complexity index is 832. The Kier molecular flexibility index (Phi) is 6.37. The first-order valence-corrected chi connectivity index (χ1v) is 10.7. The van der Waals surface area contributed by atoms with E-state index in [0.717, 1.165) is 26.2 Å². The number of benzene rings is 2. The van der Waals surface area contributed by atoms with Crippen LogP contribution in [0.5, 0.6) is 5.75 Å². The van der Waals surface area contributed by atoms with Gasteiger partial charge in [0.05, 0.1) is 12.1 Å². The fraction of sp³-hybridized carbons (Fsp3) is 0.458. The lowest BCUT2D eigenvalue weighted by atomic mass is 9.91. The standard InChI is InChI=1S/C24H31N3O3/c1-24(19-28)18-25(14-20-8-4-2-5-9-20)15-21-16-26(12-13-27(21)24)23(29)17-30-22-10-6-3-7-11-22/h2-11,21,28H,12-19H2,1H3. The molecule has 0 aromatic heterocycles. The van der Waals surface area contributed by atoms with E-state index in [1.807, 2.05) is 41.3 Å². The molecule has 2 unspecified atom stereocenters. The molecule has 2 aliphatic heterocycles. The van der Waals surface area contributed by atoms with Crippen LogP contribution in [0.2, 0.25) is 0 Å². The molecule has 1 amide bonds. The van der Waals surface area contributed by atoms with Crippen molar-refractivity contribution in [3.05, 3.63) is 66.2 Å². The zero-order valence-electron chi connectivity index (χ0n) is 17.6. The van der Waals surface area contributed by atoms with Gasteiger partial charge >= 0.3 is 0 Å². The minimum absolute atomic E-state index is 0.0180. The first-order chi connectivity index (χ1) is 14.6. The second-order valence-corrected chi connectivity index (χ2v) is 8.60. The van der Waals surface area contributed by atoms with Crippen LogP contribution in [-0.2, 0) is 11.3 Å². The topological polar surface area (TPSA) is 56.3 Å². The zero-order valence-corrected chi connectivity index (χ0v) is 17.6. The number of aliphatic hydroxyl groups is 1. The normalized spacial score (nSPS) is 25.0. The third-order valence-electron chi connectivity index (χ3n) is 6.26. The molecular weight excluding hydrogens is 378 g/mol. The van der Waals surface area contributed by atoms with Crippen molar-refractivity contribution in [1.29, 1.82) is 0 Å². The number of aliphatic hydroxyl groups excluding tert-OH is 1. The Morgan fingerprint density at radius 1 is 1.07 bits per heavy atom. The molecule has 6 heteroatoms. The summed E-state index contributed by atoms with van der Waals surface area (Å²) in [7, 11) is 0. The van der Waals surface area contributed by atoms with Crippen molar-refractivity contribution >= 4 is 5.91 Å². The fourth-order valence-electron chi connectivity index (χ4n) is 4.74. The Hall–Kier alpha value is -2.41. The Morgan fingerprint density at radius 3 is 2.47 bits per heavy atom. The van der Waals surface area contributed by atoms with Crippen molar-refractivity contribution in [1.82, 2.24) is 14.7 Å². The SMILES string of the molecule is CC1(CO)CN(Cc2ccccc2)CC2CN(C(=O)COc3ccccc3)CCN21. The van der Waals surface area contributed by atoms with Crippen LogP contribution in [0.25, 0.3) is 0 Å². The maximum Gasteiger partial charge on any atom is 0.260 e. The molecule has 0 spiro atoms. The summed E-state index contributed by atoms with van der Waals surface area (Å²) < 4.78 is 5.66. The van der Waals surface area contributed by atoms with Crippen LogP contribution in [0, 0.1) is 0 Å². The number of hydrogen-bond donors (Lipinski definition) is 1. The third kappa shape index (κ3) is 4.67. The largest absolute Gasteiger partial charge is 0.484 e. The third-order valence-corrected chi connectivity index (χ3v) is 6.26. The predicted molar refractivity (Wildman–Crippen MR) is 116 cm³/mol. The van der Waals surface area contributed by atoms with Gasteiger partial charge < -0.3 is 14.7 Å². The second-order valence-electron chi connectivity index (χ2n) is 8.60. The highest BCUT2D eigenvalue weighted by Gasteiger charge is 2.45. The van der Waals surface area contributed by atoms with E-state index in [1.165, 1.54) is 5.56 Å². The molecule has 2 aromatic rings. The molecule has 2 saturated heterocycles. The first-order valence-electron chi connectivity index (χ1n) is 10.7. The average Bonchev–Trinajstić information content (AvgIpc) is 2.78. The second kappa shape index (κ2) is 9.16. The minimum Gasteiger partial charge on any atom is -0.484 e. The first kappa shape index (κ1) is 20.8. The van der Waals surface area contributed by atoms with Gasteiger partial charge in [-0.2, -0.15) is 0 Å².